The second-order valence-corrected chi connectivity index (χ2v) is 6.80. The summed E-state index contributed by atoms with van der Waals surface area (Å²) in [5.74, 6) is 1.05. The smallest absolute Gasteiger partial charge is 0.258 e. The van der Waals surface area contributed by atoms with Crippen LogP contribution in [0.15, 0.2) is 48.5 Å². The Morgan fingerprint density at radius 3 is 2.48 bits per heavy atom. The molecule has 25 heavy (non-hydrogen) atoms. The highest BCUT2D eigenvalue weighted by Crippen LogP contribution is 2.20. The maximum absolute atomic E-state index is 12.1. The van der Waals surface area contributed by atoms with Crippen LogP contribution in [0.5, 0.6) is 5.75 Å². The van der Waals surface area contributed by atoms with E-state index in [9.17, 15) is 4.79 Å². The molecule has 2 aromatic carbocycles. The molecular formula is C21H28N2O2. The Bertz CT molecular complexity index is 696. The molecule has 1 amide bonds. The molecule has 0 aliphatic heterocycles. The molecular weight excluding hydrogens is 312 g/mol. The number of benzene rings is 2. The largest absolute Gasteiger partial charge is 0.484 e. The molecule has 0 aliphatic rings. The maximum atomic E-state index is 12.1. The molecule has 0 unspecified atom stereocenters. The molecule has 2 rings (SSSR count). The topological polar surface area (TPSA) is 41.6 Å². The quantitative estimate of drug-likeness (QED) is 0.799. The Hall–Kier alpha value is -2.33. The molecule has 0 heterocycles. The van der Waals surface area contributed by atoms with E-state index in [4.69, 9.17) is 4.74 Å². The van der Waals surface area contributed by atoms with E-state index in [1.807, 2.05) is 50.5 Å². The Kier molecular flexibility index (Phi) is 7.02. The Morgan fingerprint density at radius 2 is 1.80 bits per heavy atom. The summed E-state index contributed by atoms with van der Waals surface area (Å²) in [5.41, 5.74) is 3.56. The van der Waals surface area contributed by atoms with E-state index >= 15 is 0 Å². The normalized spacial score (nSPS) is 11.0. The molecule has 0 saturated heterocycles. The predicted octanol–water partition coefficient (Wildman–Crippen LogP) is 3.57. The number of hydrogen-bond acceptors (Lipinski definition) is 3. The number of nitrogens with one attached hydrogen (secondary N) is 1. The van der Waals surface area contributed by atoms with E-state index in [2.05, 4.69) is 36.2 Å². The first-order chi connectivity index (χ1) is 12.0. The lowest BCUT2D eigenvalue weighted by Crippen LogP contribution is -2.29. The van der Waals surface area contributed by atoms with Crippen LogP contribution in [-0.2, 0) is 17.9 Å². The van der Waals surface area contributed by atoms with Gasteiger partial charge in [-0.2, -0.15) is 0 Å². The number of ether oxygens (including phenoxy) is 1. The van der Waals surface area contributed by atoms with E-state index in [1.54, 1.807) is 0 Å². The number of rotatable bonds is 8. The van der Waals surface area contributed by atoms with Gasteiger partial charge in [0.2, 0.25) is 0 Å². The van der Waals surface area contributed by atoms with Gasteiger partial charge in [-0.1, -0.05) is 50.2 Å². The van der Waals surface area contributed by atoms with Crippen LogP contribution in [0.1, 0.15) is 36.5 Å². The van der Waals surface area contributed by atoms with Gasteiger partial charge in [-0.25, -0.2) is 0 Å². The summed E-state index contributed by atoms with van der Waals surface area (Å²) in [7, 11) is 4.07. The number of carbonyl (C=O) groups is 1. The first kappa shape index (κ1) is 19.0. The Balaban J connectivity index is 1.86. The highest BCUT2D eigenvalue weighted by Gasteiger charge is 2.07. The third-order valence-corrected chi connectivity index (χ3v) is 3.98. The van der Waals surface area contributed by atoms with Gasteiger partial charge >= 0.3 is 0 Å². The lowest BCUT2D eigenvalue weighted by Gasteiger charge is -2.15. The van der Waals surface area contributed by atoms with E-state index in [0.29, 0.717) is 12.5 Å². The van der Waals surface area contributed by atoms with Crippen molar-refractivity contribution in [3.05, 3.63) is 65.2 Å². The van der Waals surface area contributed by atoms with Crippen LogP contribution in [0.3, 0.4) is 0 Å². The second-order valence-electron chi connectivity index (χ2n) is 6.80. The third-order valence-electron chi connectivity index (χ3n) is 3.98. The van der Waals surface area contributed by atoms with Crippen LogP contribution in [-0.4, -0.2) is 31.5 Å². The van der Waals surface area contributed by atoms with Crippen LogP contribution in [0.4, 0.5) is 0 Å². The van der Waals surface area contributed by atoms with Gasteiger partial charge in [0.1, 0.15) is 5.75 Å². The molecule has 0 atom stereocenters. The maximum Gasteiger partial charge on any atom is 0.258 e. The van der Waals surface area contributed by atoms with Crippen LogP contribution in [0, 0.1) is 0 Å². The second kappa shape index (κ2) is 9.23. The van der Waals surface area contributed by atoms with Gasteiger partial charge in [0.25, 0.3) is 5.91 Å². The molecule has 0 fully saturated rings. The van der Waals surface area contributed by atoms with Crippen molar-refractivity contribution in [2.24, 2.45) is 0 Å². The number of amides is 1. The molecule has 0 aromatic heterocycles. The fraction of sp³-hybridized carbons (Fsp3) is 0.381. The Morgan fingerprint density at radius 1 is 1.08 bits per heavy atom. The zero-order valence-corrected chi connectivity index (χ0v) is 15.6. The monoisotopic (exact) mass is 340 g/mol. The first-order valence-electron chi connectivity index (χ1n) is 8.66. The zero-order chi connectivity index (χ0) is 18.2. The summed E-state index contributed by atoms with van der Waals surface area (Å²) < 4.78 is 5.62. The van der Waals surface area contributed by atoms with Crippen molar-refractivity contribution in [2.75, 3.05) is 20.7 Å². The molecule has 0 radical (unpaired) electrons. The van der Waals surface area contributed by atoms with Crippen LogP contribution in [0.25, 0.3) is 0 Å². The standard InChI is InChI=1S/C21H28N2O2/c1-16(2)17-10-7-11-20(12-17)25-15-21(24)22-13-18-8-5-6-9-19(18)14-23(3)4/h5-12,16H,13-15H2,1-4H3,(H,22,24). The lowest BCUT2D eigenvalue weighted by molar-refractivity contribution is -0.123. The summed E-state index contributed by atoms with van der Waals surface area (Å²) in [4.78, 5) is 14.2. The minimum atomic E-state index is -0.116. The van der Waals surface area contributed by atoms with E-state index in [0.717, 1.165) is 17.9 Å². The molecule has 4 nitrogen and oxygen atoms in total. The van der Waals surface area contributed by atoms with Crippen molar-refractivity contribution in [2.45, 2.75) is 32.9 Å². The summed E-state index contributed by atoms with van der Waals surface area (Å²) in [6, 6.07) is 16.1. The summed E-state index contributed by atoms with van der Waals surface area (Å²) in [6.45, 7) is 5.66. The van der Waals surface area contributed by atoms with Crippen molar-refractivity contribution < 1.29 is 9.53 Å². The molecule has 2 aromatic rings. The summed E-state index contributed by atoms with van der Waals surface area (Å²) in [6.07, 6.45) is 0. The molecule has 134 valence electrons. The predicted molar refractivity (Wildman–Crippen MR) is 102 cm³/mol. The summed E-state index contributed by atoms with van der Waals surface area (Å²) >= 11 is 0. The fourth-order valence-electron chi connectivity index (χ4n) is 2.58. The molecule has 0 bridgehead atoms. The fourth-order valence-corrected chi connectivity index (χ4v) is 2.58. The average molecular weight is 340 g/mol. The molecule has 0 spiro atoms. The number of carbonyl (C=O) groups excluding carboxylic acids is 1. The van der Waals surface area contributed by atoms with Gasteiger partial charge in [-0.15, -0.1) is 0 Å². The van der Waals surface area contributed by atoms with Crippen LogP contribution in [0.2, 0.25) is 0 Å². The van der Waals surface area contributed by atoms with E-state index < -0.39 is 0 Å². The molecule has 0 aliphatic carbocycles. The van der Waals surface area contributed by atoms with Crippen molar-refractivity contribution in [1.82, 2.24) is 10.2 Å². The minimum absolute atomic E-state index is 0.0252. The van der Waals surface area contributed by atoms with Crippen LogP contribution >= 0.6 is 0 Å². The van der Waals surface area contributed by atoms with Crippen molar-refractivity contribution in [3.8, 4) is 5.75 Å². The highest BCUT2D eigenvalue weighted by atomic mass is 16.5. The molecule has 0 saturated carbocycles. The van der Waals surface area contributed by atoms with Crippen molar-refractivity contribution >= 4 is 5.91 Å². The molecule has 1 N–H and O–H groups in total. The Labute approximate surface area is 150 Å². The molecule has 4 heteroatoms. The van der Waals surface area contributed by atoms with Gasteiger partial charge in [-0.3, -0.25) is 4.79 Å². The summed E-state index contributed by atoms with van der Waals surface area (Å²) in [5, 5.41) is 2.94. The highest BCUT2D eigenvalue weighted by molar-refractivity contribution is 5.77. The number of nitrogens with zero attached hydrogens (tertiary/aromatic N) is 1. The average Bonchev–Trinajstić information content (AvgIpc) is 2.59. The van der Waals surface area contributed by atoms with E-state index in [1.165, 1.54) is 11.1 Å². The zero-order valence-electron chi connectivity index (χ0n) is 15.6. The van der Waals surface area contributed by atoms with Gasteiger partial charge in [0.05, 0.1) is 0 Å². The first-order valence-corrected chi connectivity index (χ1v) is 8.66. The van der Waals surface area contributed by atoms with Gasteiger partial charge in [0.15, 0.2) is 6.61 Å². The van der Waals surface area contributed by atoms with Crippen molar-refractivity contribution in [1.29, 1.82) is 0 Å². The third kappa shape index (κ3) is 6.24. The SMILES string of the molecule is CC(C)c1cccc(OCC(=O)NCc2ccccc2CN(C)C)c1. The lowest BCUT2D eigenvalue weighted by atomic mass is 10.0. The van der Waals surface area contributed by atoms with Crippen LogP contribution < -0.4 is 10.1 Å². The van der Waals surface area contributed by atoms with Gasteiger partial charge in [-0.05, 0) is 48.8 Å². The van der Waals surface area contributed by atoms with Gasteiger partial charge < -0.3 is 15.0 Å². The van der Waals surface area contributed by atoms with Gasteiger partial charge in [0, 0.05) is 13.1 Å². The minimum Gasteiger partial charge on any atom is -0.484 e. The van der Waals surface area contributed by atoms with E-state index in [-0.39, 0.29) is 12.5 Å². The number of hydrogen-bond donors (Lipinski definition) is 1. The van der Waals surface area contributed by atoms with Crippen molar-refractivity contribution in [3.63, 3.8) is 0 Å².